The Kier molecular flexibility index (Phi) is 4.04. The van der Waals surface area contributed by atoms with Crippen LogP contribution in [0.3, 0.4) is 0 Å². The topological polar surface area (TPSA) is 121 Å². The van der Waals surface area contributed by atoms with Crippen LogP contribution in [0.25, 0.3) is 0 Å². The SMILES string of the molecule is CC(O)C(O)(O)C(O)C(O)CO. The summed E-state index contributed by atoms with van der Waals surface area (Å²) in [4.78, 5) is 0. The van der Waals surface area contributed by atoms with Gasteiger partial charge in [0.2, 0.25) is 5.79 Å². The highest BCUT2D eigenvalue weighted by Crippen LogP contribution is 2.14. The highest BCUT2D eigenvalue weighted by Gasteiger charge is 2.42. The van der Waals surface area contributed by atoms with Gasteiger partial charge in [-0.2, -0.15) is 0 Å². The standard InChI is InChI=1S/C6H14O6/c1-3(8)6(11,12)5(10)4(9)2-7/h3-5,7-12H,2H2,1H3. The second-order valence-electron chi connectivity index (χ2n) is 2.65. The Morgan fingerprint density at radius 1 is 1.17 bits per heavy atom. The molecule has 0 radical (unpaired) electrons. The van der Waals surface area contributed by atoms with Crippen molar-refractivity contribution in [2.24, 2.45) is 0 Å². The molecule has 0 aromatic rings. The van der Waals surface area contributed by atoms with Gasteiger partial charge in [-0.3, -0.25) is 0 Å². The molecule has 0 heterocycles. The van der Waals surface area contributed by atoms with Gasteiger partial charge in [-0.15, -0.1) is 0 Å². The van der Waals surface area contributed by atoms with E-state index in [1.54, 1.807) is 0 Å². The Labute approximate surface area is 69.3 Å². The van der Waals surface area contributed by atoms with Crippen LogP contribution in [-0.4, -0.2) is 61.3 Å². The highest BCUT2D eigenvalue weighted by atomic mass is 16.5. The Morgan fingerprint density at radius 3 is 1.83 bits per heavy atom. The van der Waals surface area contributed by atoms with Crippen molar-refractivity contribution in [3.63, 3.8) is 0 Å². The molecule has 0 aliphatic heterocycles. The third-order valence-electron chi connectivity index (χ3n) is 1.60. The summed E-state index contributed by atoms with van der Waals surface area (Å²) in [5.74, 6) is -2.82. The molecule has 0 aromatic carbocycles. The lowest BCUT2D eigenvalue weighted by Gasteiger charge is -2.31. The smallest absolute Gasteiger partial charge is 0.218 e. The minimum absolute atomic E-state index is 0.823. The van der Waals surface area contributed by atoms with E-state index in [9.17, 15) is 0 Å². The maximum absolute atomic E-state index is 8.95. The zero-order valence-electron chi connectivity index (χ0n) is 6.62. The van der Waals surface area contributed by atoms with E-state index >= 15 is 0 Å². The molecule has 0 amide bonds. The van der Waals surface area contributed by atoms with Crippen LogP contribution < -0.4 is 0 Å². The van der Waals surface area contributed by atoms with E-state index in [2.05, 4.69) is 0 Å². The number of hydrogen-bond donors (Lipinski definition) is 6. The molecule has 3 atom stereocenters. The third-order valence-corrected chi connectivity index (χ3v) is 1.60. The number of aliphatic hydroxyl groups is 6. The Bertz CT molecular complexity index is 134. The summed E-state index contributed by atoms with van der Waals surface area (Å²) in [6.07, 6.45) is -5.34. The first kappa shape index (κ1) is 11.8. The largest absolute Gasteiger partial charge is 0.394 e. The van der Waals surface area contributed by atoms with Gasteiger partial charge in [0.1, 0.15) is 18.3 Å². The van der Waals surface area contributed by atoms with Gasteiger partial charge in [0.15, 0.2) is 0 Å². The lowest BCUT2D eigenvalue weighted by Crippen LogP contribution is -2.56. The lowest BCUT2D eigenvalue weighted by molar-refractivity contribution is -0.289. The summed E-state index contributed by atoms with van der Waals surface area (Å²) in [5, 5.41) is 52.7. The minimum atomic E-state index is -2.82. The summed E-state index contributed by atoms with van der Waals surface area (Å²) in [7, 11) is 0. The van der Waals surface area contributed by atoms with Crippen molar-refractivity contribution < 1.29 is 30.6 Å². The second kappa shape index (κ2) is 4.13. The molecular formula is C6H14O6. The summed E-state index contributed by atoms with van der Waals surface area (Å²) in [5.41, 5.74) is 0. The summed E-state index contributed by atoms with van der Waals surface area (Å²) in [6, 6.07) is 0. The van der Waals surface area contributed by atoms with Crippen LogP contribution in [0, 0.1) is 0 Å². The van der Waals surface area contributed by atoms with Gasteiger partial charge < -0.3 is 30.6 Å². The molecule has 0 aliphatic carbocycles. The monoisotopic (exact) mass is 182 g/mol. The molecule has 3 unspecified atom stereocenters. The molecule has 0 aromatic heterocycles. The fraction of sp³-hybridized carbons (Fsp3) is 1.00. The van der Waals surface area contributed by atoms with Gasteiger partial charge >= 0.3 is 0 Å². The Balaban J connectivity index is 4.34. The van der Waals surface area contributed by atoms with Crippen molar-refractivity contribution in [1.82, 2.24) is 0 Å². The van der Waals surface area contributed by atoms with Crippen LogP contribution in [0.2, 0.25) is 0 Å². The van der Waals surface area contributed by atoms with Crippen LogP contribution in [-0.2, 0) is 0 Å². The number of rotatable bonds is 4. The first-order chi connectivity index (χ1) is 5.34. The zero-order valence-corrected chi connectivity index (χ0v) is 6.62. The predicted molar refractivity (Wildman–Crippen MR) is 37.9 cm³/mol. The maximum Gasteiger partial charge on any atom is 0.218 e. The van der Waals surface area contributed by atoms with E-state index in [1.807, 2.05) is 0 Å². The molecular weight excluding hydrogens is 168 g/mol. The average molecular weight is 182 g/mol. The van der Waals surface area contributed by atoms with Gasteiger partial charge in [0.05, 0.1) is 6.61 Å². The Hall–Kier alpha value is -0.240. The zero-order chi connectivity index (χ0) is 9.94. The van der Waals surface area contributed by atoms with Gasteiger partial charge in [-0.05, 0) is 6.92 Å². The fourth-order valence-corrected chi connectivity index (χ4v) is 0.630. The van der Waals surface area contributed by atoms with Crippen LogP contribution >= 0.6 is 0 Å². The molecule has 0 saturated carbocycles. The van der Waals surface area contributed by atoms with Crippen molar-refractivity contribution in [3.8, 4) is 0 Å². The average Bonchev–Trinajstić information content (AvgIpc) is 2.01. The molecule has 0 saturated heterocycles. The molecule has 0 bridgehead atoms. The minimum Gasteiger partial charge on any atom is -0.394 e. The van der Waals surface area contributed by atoms with Crippen molar-refractivity contribution >= 4 is 0 Å². The summed E-state index contributed by atoms with van der Waals surface area (Å²) >= 11 is 0. The van der Waals surface area contributed by atoms with Crippen molar-refractivity contribution in [2.75, 3.05) is 6.61 Å². The fourth-order valence-electron chi connectivity index (χ4n) is 0.630. The molecule has 6 nitrogen and oxygen atoms in total. The normalized spacial score (nSPS) is 20.2. The van der Waals surface area contributed by atoms with E-state index in [0.29, 0.717) is 0 Å². The maximum atomic E-state index is 8.95. The quantitative estimate of drug-likeness (QED) is 0.254. The van der Waals surface area contributed by atoms with Crippen LogP contribution in [0.5, 0.6) is 0 Å². The van der Waals surface area contributed by atoms with Gasteiger partial charge in [0.25, 0.3) is 0 Å². The van der Waals surface area contributed by atoms with E-state index in [0.717, 1.165) is 6.92 Å². The number of aliphatic hydroxyl groups excluding tert-OH is 4. The molecule has 0 spiro atoms. The molecule has 6 heteroatoms. The van der Waals surface area contributed by atoms with Crippen molar-refractivity contribution in [1.29, 1.82) is 0 Å². The summed E-state index contributed by atoms with van der Waals surface area (Å²) in [6.45, 7) is 0.212. The van der Waals surface area contributed by atoms with E-state index < -0.39 is 30.7 Å². The highest BCUT2D eigenvalue weighted by molar-refractivity contribution is 4.84. The molecule has 6 N–H and O–H groups in total. The van der Waals surface area contributed by atoms with E-state index in [1.165, 1.54) is 0 Å². The van der Waals surface area contributed by atoms with E-state index in [4.69, 9.17) is 30.6 Å². The molecule has 12 heavy (non-hydrogen) atoms. The Morgan fingerprint density at radius 2 is 1.58 bits per heavy atom. The van der Waals surface area contributed by atoms with E-state index in [-0.39, 0.29) is 0 Å². The second-order valence-corrected chi connectivity index (χ2v) is 2.65. The van der Waals surface area contributed by atoms with Gasteiger partial charge in [-0.25, -0.2) is 0 Å². The van der Waals surface area contributed by atoms with Crippen LogP contribution in [0.4, 0.5) is 0 Å². The van der Waals surface area contributed by atoms with Crippen molar-refractivity contribution in [3.05, 3.63) is 0 Å². The van der Waals surface area contributed by atoms with Crippen LogP contribution in [0.1, 0.15) is 6.92 Å². The predicted octanol–water partition coefficient (Wildman–Crippen LogP) is -3.24. The lowest BCUT2D eigenvalue weighted by atomic mass is 10.0. The number of hydrogen-bond acceptors (Lipinski definition) is 6. The molecule has 0 aliphatic rings. The summed E-state index contributed by atoms with van der Waals surface area (Å²) < 4.78 is 0. The molecule has 0 fully saturated rings. The van der Waals surface area contributed by atoms with Gasteiger partial charge in [-0.1, -0.05) is 0 Å². The molecule has 0 rings (SSSR count). The first-order valence-corrected chi connectivity index (χ1v) is 3.43. The van der Waals surface area contributed by atoms with Crippen LogP contribution in [0.15, 0.2) is 0 Å². The molecule has 74 valence electrons. The van der Waals surface area contributed by atoms with Gasteiger partial charge in [0, 0.05) is 0 Å². The first-order valence-electron chi connectivity index (χ1n) is 3.43. The third kappa shape index (κ3) is 2.37. The van der Waals surface area contributed by atoms with Crippen molar-refractivity contribution in [2.45, 2.75) is 31.0 Å².